The number of anilines is 1. The minimum atomic E-state index is -3.60. The van der Waals surface area contributed by atoms with Crippen LogP contribution in [0.5, 0.6) is 0 Å². The predicted octanol–water partition coefficient (Wildman–Crippen LogP) is 2.30. The van der Waals surface area contributed by atoms with E-state index in [-0.39, 0.29) is 18.0 Å². The van der Waals surface area contributed by atoms with Crippen molar-refractivity contribution in [2.24, 2.45) is 4.99 Å². The number of hydrogen-bond donors (Lipinski definition) is 3. The molecule has 154 valence electrons. The summed E-state index contributed by atoms with van der Waals surface area (Å²) < 4.78 is 40.2. The van der Waals surface area contributed by atoms with Crippen molar-refractivity contribution in [2.45, 2.75) is 26.7 Å². The quantitative estimate of drug-likeness (QED) is 0.422. The SMILES string of the molecule is CCc1cnc(CCNC(=NC)NCCS(=O)(=O)Nc2ccc(C)c(F)c2)s1. The Hall–Kier alpha value is -2.20. The van der Waals surface area contributed by atoms with Crippen LogP contribution in [-0.4, -0.2) is 45.3 Å². The minimum absolute atomic E-state index is 0.167. The number of halogens is 1. The molecule has 0 aliphatic heterocycles. The number of aromatic nitrogens is 1. The number of hydrogen-bond acceptors (Lipinski definition) is 5. The van der Waals surface area contributed by atoms with Gasteiger partial charge >= 0.3 is 0 Å². The largest absolute Gasteiger partial charge is 0.356 e. The maximum absolute atomic E-state index is 13.5. The zero-order chi connectivity index (χ0) is 20.6. The van der Waals surface area contributed by atoms with Crippen LogP contribution >= 0.6 is 11.3 Å². The van der Waals surface area contributed by atoms with Crippen LogP contribution in [0.4, 0.5) is 10.1 Å². The molecule has 0 bridgehead atoms. The first-order valence-corrected chi connectivity index (χ1v) is 11.4. The second kappa shape index (κ2) is 10.4. The second-order valence-corrected chi connectivity index (χ2v) is 9.18. The number of thiazole rings is 1. The van der Waals surface area contributed by atoms with E-state index in [4.69, 9.17) is 0 Å². The minimum Gasteiger partial charge on any atom is -0.356 e. The van der Waals surface area contributed by atoms with E-state index in [9.17, 15) is 12.8 Å². The maximum atomic E-state index is 13.5. The van der Waals surface area contributed by atoms with Crippen molar-refractivity contribution < 1.29 is 12.8 Å². The Kier molecular flexibility index (Phi) is 8.18. The van der Waals surface area contributed by atoms with Gasteiger partial charge in [-0.2, -0.15) is 0 Å². The molecule has 1 aromatic carbocycles. The second-order valence-electron chi connectivity index (χ2n) is 6.13. The van der Waals surface area contributed by atoms with E-state index in [1.807, 2.05) is 6.20 Å². The van der Waals surface area contributed by atoms with Crippen molar-refractivity contribution in [3.05, 3.63) is 45.7 Å². The number of nitrogens with one attached hydrogen (secondary N) is 3. The van der Waals surface area contributed by atoms with Crippen LogP contribution < -0.4 is 15.4 Å². The number of sulfonamides is 1. The van der Waals surface area contributed by atoms with E-state index >= 15 is 0 Å². The van der Waals surface area contributed by atoms with Gasteiger partial charge in [0.05, 0.1) is 16.4 Å². The Morgan fingerprint density at radius 1 is 1.29 bits per heavy atom. The highest BCUT2D eigenvalue weighted by molar-refractivity contribution is 7.92. The molecule has 7 nitrogen and oxygen atoms in total. The highest BCUT2D eigenvalue weighted by atomic mass is 32.2. The topological polar surface area (TPSA) is 95.5 Å². The molecule has 0 radical (unpaired) electrons. The first-order chi connectivity index (χ1) is 13.3. The third kappa shape index (κ3) is 7.08. The maximum Gasteiger partial charge on any atom is 0.234 e. The summed E-state index contributed by atoms with van der Waals surface area (Å²) in [6.45, 7) is 4.53. The van der Waals surface area contributed by atoms with Gasteiger partial charge in [-0.25, -0.2) is 17.8 Å². The summed E-state index contributed by atoms with van der Waals surface area (Å²) >= 11 is 1.69. The molecule has 0 saturated heterocycles. The number of benzene rings is 1. The Morgan fingerprint density at radius 2 is 2.04 bits per heavy atom. The van der Waals surface area contributed by atoms with E-state index in [1.54, 1.807) is 25.3 Å². The van der Waals surface area contributed by atoms with E-state index in [0.717, 1.165) is 17.8 Å². The average Bonchev–Trinajstić information content (AvgIpc) is 3.11. The van der Waals surface area contributed by atoms with Crippen LogP contribution in [0.25, 0.3) is 0 Å². The number of aryl methyl sites for hydroxylation is 2. The summed E-state index contributed by atoms with van der Waals surface area (Å²) in [4.78, 5) is 9.69. The first kappa shape index (κ1) is 22.1. The van der Waals surface area contributed by atoms with Crippen molar-refractivity contribution in [3.8, 4) is 0 Å². The van der Waals surface area contributed by atoms with Crippen LogP contribution in [0, 0.1) is 12.7 Å². The smallest absolute Gasteiger partial charge is 0.234 e. The lowest BCUT2D eigenvalue weighted by Gasteiger charge is -2.12. The lowest BCUT2D eigenvalue weighted by atomic mass is 10.2. The Balaban J connectivity index is 1.75. The van der Waals surface area contributed by atoms with E-state index in [0.29, 0.717) is 18.1 Å². The third-order valence-corrected chi connectivity index (χ3v) is 6.40. The summed E-state index contributed by atoms with van der Waals surface area (Å²) in [7, 11) is -1.98. The van der Waals surface area contributed by atoms with Gasteiger partial charge in [0.2, 0.25) is 10.0 Å². The molecule has 0 unspecified atom stereocenters. The summed E-state index contributed by atoms with van der Waals surface area (Å²) in [6.07, 6.45) is 3.64. The summed E-state index contributed by atoms with van der Waals surface area (Å²) in [6, 6.07) is 4.24. The Bertz CT molecular complexity index is 912. The fourth-order valence-electron chi connectivity index (χ4n) is 2.33. The van der Waals surface area contributed by atoms with Gasteiger partial charge in [-0.15, -0.1) is 11.3 Å². The molecule has 1 heterocycles. The molecule has 0 aliphatic carbocycles. The molecule has 10 heteroatoms. The number of rotatable bonds is 9. The van der Waals surface area contributed by atoms with Gasteiger partial charge in [-0.05, 0) is 31.0 Å². The van der Waals surface area contributed by atoms with Crippen molar-refractivity contribution in [3.63, 3.8) is 0 Å². The van der Waals surface area contributed by atoms with Crippen LogP contribution in [-0.2, 0) is 22.9 Å². The van der Waals surface area contributed by atoms with Crippen LogP contribution in [0.1, 0.15) is 22.4 Å². The van der Waals surface area contributed by atoms with Gasteiger partial charge in [-0.3, -0.25) is 9.71 Å². The van der Waals surface area contributed by atoms with Gasteiger partial charge in [0.1, 0.15) is 5.82 Å². The number of guanidine groups is 1. The fraction of sp³-hybridized carbons (Fsp3) is 0.444. The van der Waals surface area contributed by atoms with Crippen molar-refractivity contribution in [1.82, 2.24) is 15.6 Å². The van der Waals surface area contributed by atoms with Gasteiger partial charge in [0, 0.05) is 37.6 Å². The zero-order valence-corrected chi connectivity index (χ0v) is 17.9. The molecule has 2 aromatic rings. The Labute approximate surface area is 169 Å². The standard InChI is InChI=1S/C18H26FN5O2S2/c1-4-15-12-23-17(27-15)7-8-21-18(20-3)22-9-10-28(25,26)24-14-6-5-13(2)16(19)11-14/h5-6,11-12,24H,4,7-10H2,1-3H3,(H2,20,21,22). The molecule has 1 aromatic heterocycles. The third-order valence-electron chi connectivity index (χ3n) is 3.91. The zero-order valence-electron chi connectivity index (χ0n) is 16.3. The predicted molar refractivity (Wildman–Crippen MR) is 113 cm³/mol. The lowest BCUT2D eigenvalue weighted by Crippen LogP contribution is -2.40. The molecule has 0 amide bonds. The average molecular weight is 428 g/mol. The molecule has 2 rings (SSSR count). The molecule has 0 atom stereocenters. The molecular weight excluding hydrogens is 401 g/mol. The van der Waals surface area contributed by atoms with E-state index < -0.39 is 15.8 Å². The molecule has 0 spiro atoms. The van der Waals surface area contributed by atoms with Gasteiger partial charge < -0.3 is 10.6 Å². The molecule has 28 heavy (non-hydrogen) atoms. The Morgan fingerprint density at radius 3 is 2.68 bits per heavy atom. The van der Waals surface area contributed by atoms with E-state index in [1.165, 1.54) is 23.1 Å². The molecule has 0 aliphatic rings. The molecule has 0 saturated carbocycles. The first-order valence-electron chi connectivity index (χ1n) is 8.97. The summed E-state index contributed by atoms with van der Waals surface area (Å²) in [5, 5.41) is 7.15. The van der Waals surface area contributed by atoms with Gasteiger partial charge in [-0.1, -0.05) is 13.0 Å². The lowest BCUT2D eigenvalue weighted by molar-refractivity contribution is 0.599. The van der Waals surface area contributed by atoms with Crippen molar-refractivity contribution >= 4 is 33.0 Å². The monoisotopic (exact) mass is 427 g/mol. The number of nitrogens with zero attached hydrogens (tertiary/aromatic N) is 2. The van der Waals surface area contributed by atoms with Crippen LogP contribution in [0.15, 0.2) is 29.4 Å². The normalized spacial score (nSPS) is 12.1. The number of aliphatic imine (C=N–C) groups is 1. The summed E-state index contributed by atoms with van der Waals surface area (Å²) in [5.41, 5.74) is 0.670. The molecule has 0 fully saturated rings. The van der Waals surface area contributed by atoms with Crippen LogP contribution in [0.2, 0.25) is 0 Å². The van der Waals surface area contributed by atoms with Gasteiger partial charge in [0.25, 0.3) is 0 Å². The van der Waals surface area contributed by atoms with Crippen LogP contribution in [0.3, 0.4) is 0 Å². The van der Waals surface area contributed by atoms with E-state index in [2.05, 4.69) is 32.3 Å². The summed E-state index contributed by atoms with van der Waals surface area (Å²) in [5.74, 6) is -0.103. The molecule has 3 N–H and O–H groups in total. The van der Waals surface area contributed by atoms with Crippen molar-refractivity contribution in [1.29, 1.82) is 0 Å². The highest BCUT2D eigenvalue weighted by Crippen LogP contribution is 2.15. The molecular formula is C18H26FN5O2S2. The fourth-order valence-corrected chi connectivity index (χ4v) is 4.15. The van der Waals surface area contributed by atoms with Crippen molar-refractivity contribution in [2.75, 3.05) is 30.6 Å². The highest BCUT2D eigenvalue weighted by Gasteiger charge is 2.12. The van der Waals surface area contributed by atoms with Gasteiger partial charge in [0.15, 0.2) is 5.96 Å².